The molecule has 1 saturated heterocycles. The lowest BCUT2D eigenvalue weighted by atomic mass is 9.90. The van der Waals surface area contributed by atoms with E-state index in [1.165, 1.54) is 45.6 Å². The van der Waals surface area contributed by atoms with Crippen LogP contribution in [0.4, 0.5) is 0 Å². The zero-order valence-electron chi connectivity index (χ0n) is 14.0. The van der Waals surface area contributed by atoms with Gasteiger partial charge in [-0.25, -0.2) is 0 Å². The van der Waals surface area contributed by atoms with E-state index in [0.29, 0.717) is 5.41 Å². The second kappa shape index (κ2) is 7.05. The molecule has 19 heavy (non-hydrogen) atoms. The molecule has 0 aliphatic carbocycles. The van der Waals surface area contributed by atoms with Crippen LogP contribution in [-0.4, -0.2) is 61.8 Å². The molecule has 0 aromatic rings. The highest BCUT2D eigenvalue weighted by atomic mass is 16.5. The SMILES string of the molecule is COC(C)(C)CN1CCN(CCCC(C)(C)C)CC1. The molecule has 0 bridgehead atoms. The fourth-order valence-corrected chi connectivity index (χ4v) is 2.61. The minimum absolute atomic E-state index is 0.0194. The molecule has 0 unspecified atom stereocenters. The predicted octanol–water partition coefficient (Wildman–Crippen LogP) is 2.86. The van der Waals surface area contributed by atoms with Crippen LogP contribution in [0.2, 0.25) is 0 Å². The first kappa shape index (κ1) is 16.9. The average Bonchev–Trinajstić information content (AvgIpc) is 2.29. The Balaban J connectivity index is 2.19. The molecule has 1 aliphatic rings. The normalized spacial score (nSPS) is 19.9. The van der Waals surface area contributed by atoms with Gasteiger partial charge in [-0.2, -0.15) is 0 Å². The fraction of sp³-hybridized carbons (Fsp3) is 1.00. The third kappa shape index (κ3) is 7.28. The van der Waals surface area contributed by atoms with Crippen LogP contribution in [0.3, 0.4) is 0 Å². The van der Waals surface area contributed by atoms with Crippen molar-refractivity contribution in [2.24, 2.45) is 5.41 Å². The smallest absolute Gasteiger partial charge is 0.0749 e. The van der Waals surface area contributed by atoms with Crippen LogP contribution in [-0.2, 0) is 4.74 Å². The lowest BCUT2D eigenvalue weighted by Crippen LogP contribution is -2.51. The van der Waals surface area contributed by atoms with Crippen LogP contribution in [0.1, 0.15) is 47.5 Å². The van der Waals surface area contributed by atoms with Crippen molar-refractivity contribution >= 4 is 0 Å². The fourth-order valence-electron chi connectivity index (χ4n) is 2.61. The molecule has 0 spiro atoms. The first-order chi connectivity index (χ1) is 8.72. The monoisotopic (exact) mass is 270 g/mol. The van der Waals surface area contributed by atoms with Gasteiger partial charge in [0.25, 0.3) is 0 Å². The molecule has 0 aromatic carbocycles. The third-order valence-electron chi connectivity index (χ3n) is 4.02. The van der Waals surface area contributed by atoms with E-state index >= 15 is 0 Å². The number of rotatable bonds is 6. The van der Waals surface area contributed by atoms with Gasteiger partial charge in [0.1, 0.15) is 0 Å². The van der Waals surface area contributed by atoms with Crippen LogP contribution in [0.15, 0.2) is 0 Å². The van der Waals surface area contributed by atoms with E-state index in [0.717, 1.165) is 6.54 Å². The summed E-state index contributed by atoms with van der Waals surface area (Å²) in [6, 6.07) is 0. The topological polar surface area (TPSA) is 15.7 Å². The van der Waals surface area contributed by atoms with E-state index in [9.17, 15) is 0 Å². The molecule has 0 saturated carbocycles. The molecule has 0 radical (unpaired) electrons. The third-order valence-corrected chi connectivity index (χ3v) is 4.02. The Bertz CT molecular complexity index is 250. The van der Waals surface area contributed by atoms with Crippen LogP contribution < -0.4 is 0 Å². The quantitative estimate of drug-likeness (QED) is 0.738. The standard InChI is InChI=1S/C16H34N2O/c1-15(2,3)8-7-9-17-10-12-18(13-11-17)14-16(4,5)19-6/h7-14H2,1-6H3. The Morgan fingerprint density at radius 3 is 1.89 bits per heavy atom. The maximum Gasteiger partial charge on any atom is 0.0749 e. The molecule has 0 amide bonds. The van der Waals surface area contributed by atoms with E-state index < -0.39 is 0 Å². The minimum Gasteiger partial charge on any atom is -0.377 e. The van der Waals surface area contributed by atoms with Gasteiger partial charge < -0.3 is 9.64 Å². The van der Waals surface area contributed by atoms with Gasteiger partial charge in [0.15, 0.2) is 0 Å². The molecular weight excluding hydrogens is 236 g/mol. The van der Waals surface area contributed by atoms with Crippen molar-refractivity contribution in [3.05, 3.63) is 0 Å². The Kier molecular flexibility index (Phi) is 6.28. The van der Waals surface area contributed by atoms with Gasteiger partial charge in [-0.1, -0.05) is 20.8 Å². The van der Waals surface area contributed by atoms with Crippen molar-refractivity contribution in [2.45, 2.75) is 53.1 Å². The minimum atomic E-state index is -0.0194. The lowest BCUT2D eigenvalue weighted by Gasteiger charge is -2.38. The van der Waals surface area contributed by atoms with Gasteiger partial charge in [0.05, 0.1) is 5.60 Å². The molecule has 3 heteroatoms. The maximum atomic E-state index is 5.51. The Morgan fingerprint density at radius 2 is 1.42 bits per heavy atom. The second-order valence-electron chi connectivity index (χ2n) is 7.75. The summed E-state index contributed by atoms with van der Waals surface area (Å²) in [5, 5.41) is 0. The molecule has 0 N–H and O–H groups in total. The maximum absolute atomic E-state index is 5.51. The number of nitrogens with zero attached hydrogens (tertiary/aromatic N) is 2. The summed E-state index contributed by atoms with van der Waals surface area (Å²) >= 11 is 0. The van der Waals surface area contributed by atoms with Crippen molar-refractivity contribution in [3.8, 4) is 0 Å². The Labute approximate surface area is 120 Å². The summed E-state index contributed by atoms with van der Waals surface area (Å²) in [6.45, 7) is 18.4. The van der Waals surface area contributed by atoms with Gasteiger partial charge >= 0.3 is 0 Å². The summed E-state index contributed by atoms with van der Waals surface area (Å²) in [4.78, 5) is 5.14. The molecule has 0 aromatic heterocycles. The van der Waals surface area contributed by atoms with Crippen molar-refractivity contribution in [2.75, 3.05) is 46.4 Å². The van der Waals surface area contributed by atoms with E-state index in [2.05, 4.69) is 44.4 Å². The summed E-state index contributed by atoms with van der Waals surface area (Å²) in [5.74, 6) is 0. The molecule has 1 aliphatic heterocycles. The Morgan fingerprint density at radius 1 is 0.895 bits per heavy atom. The molecule has 114 valence electrons. The molecule has 3 nitrogen and oxygen atoms in total. The van der Waals surface area contributed by atoms with Crippen LogP contribution in [0.5, 0.6) is 0 Å². The molecule has 0 atom stereocenters. The number of ether oxygens (including phenoxy) is 1. The summed E-state index contributed by atoms with van der Waals surface area (Å²) in [7, 11) is 1.81. The Hall–Kier alpha value is -0.120. The highest BCUT2D eigenvalue weighted by molar-refractivity contribution is 4.79. The van der Waals surface area contributed by atoms with Gasteiger partial charge in [0, 0.05) is 39.8 Å². The molecule has 1 heterocycles. The van der Waals surface area contributed by atoms with Gasteiger partial charge in [0.2, 0.25) is 0 Å². The van der Waals surface area contributed by atoms with Gasteiger partial charge in [-0.05, 0) is 38.6 Å². The van der Waals surface area contributed by atoms with Gasteiger partial charge in [-0.3, -0.25) is 4.90 Å². The van der Waals surface area contributed by atoms with Crippen molar-refractivity contribution in [1.29, 1.82) is 0 Å². The largest absolute Gasteiger partial charge is 0.377 e. The van der Waals surface area contributed by atoms with E-state index in [1.54, 1.807) is 0 Å². The zero-order chi connectivity index (χ0) is 14.5. The predicted molar refractivity (Wildman–Crippen MR) is 82.7 cm³/mol. The molecule has 1 rings (SSSR count). The second-order valence-corrected chi connectivity index (χ2v) is 7.75. The van der Waals surface area contributed by atoms with Crippen molar-refractivity contribution in [1.82, 2.24) is 9.80 Å². The summed E-state index contributed by atoms with van der Waals surface area (Å²) < 4.78 is 5.51. The number of piperazine rings is 1. The number of hydrogen-bond donors (Lipinski definition) is 0. The first-order valence-corrected chi connectivity index (χ1v) is 7.72. The van der Waals surface area contributed by atoms with Crippen LogP contribution in [0.25, 0.3) is 0 Å². The first-order valence-electron chi connectivity index (χ1n) is 7.72. The summed E-state index contributed by atoms with van der Waals surface area (Å²) in [6.07, 6.45) is 2.65. The van der Waals surface area contributed by atoms with E-state index in [1.807, 2.05) is 7.11 Å². The van der Waals surface area contributed by atoms with Crippen LogP contribution in [0, 0.1) is 5.41 Å². The molecular formula is C16H34N2O. The van der Waals surface area contributed by atoms with Crippen molar-refractivity contribution in [3.63, 3.8) is 0 Å². The lowest BCUT2D eigenvalue weighted by molar-refractivity contribution is -0.0182. The van der Waals surface area contributed by atoms with Gasteiger partial charge in [-0.15, -0.1) is 0 Å². The van der Waals surface area contributed by atoms with E-state index in [4.69, 9.17) is 4.74 Å². The van der Waals surface area contributed by atoms with E-state index in [-0.39, 0.29) is 5.60 Å². The highest BCUT2D eigenvalue weighted by Crippen LogP contribution is 2.21. The number of methoxy groups -OCH3 is 1. The highest BCUT2D eigenvalue weighted by Gasteiger charge is 2.24. The number of hydrogen-bond acceptors (Lipinski definition) is 3. The zero-order valence-corrected chi connectivity index (χ0v) is 14.0. The van der Waals surface area contributed by atoms with Crippen molar-refractivity contribution < 1.29 is 4.74 Å². The summed E-state index contributed by atoms with van der Waals surface area (Å²) in [5.41, 5.74) is 0.457. The molecule has 1 fully saturated rings. The van der Waals surface area contributed by atoms with Crippen LogP contribution >= 0.6 is 0 Å². The average molecular weight is 270 g/mol.